The normalized spacial score (nSPS) is 32.9. The third-order valence-corrected chi connectivity index (χ3v) is 7.79. The highest BCUT2D eigenvalue weighted by atomic mass is 16.5. The zero-order chi connectivity index (χ0) is 22.4. The summed E-state index contributed by atoms with van der Waals surface area (Å²) < 4.78 is 5.57. The van der Waals surface area contributed by atoms with Crippen molar-refractivity contribution < 1.29 is 4.74 Å². The second-order valence-electron chi connectivity index (χ2n) is 10.2. The fraction of sp³-hybridized carbons (Fsp3) is 0.625. The van der Waals surface area contributed by atoms with Crippen molar-refractivity contribution in [3.8, 4) is 6.07 Å². The quantitative estimate of drug-likeness (QED) is 0.529. The van der Waals surface area contributed by atoms with Crippen LogP contribution in [0.25, 0.3) is 10.9 Å². The number of hydrazine groups is 1. The van der Waals surface area contributed by atoms with E-state index in [4.69, 9.17) is 9.72 Å². The first kappa shape index (κ1) is 21.1. The molecule has 4 N–H and O–H groups in total. The number of nitrogens with zero attached hydrogens (tertiary/aromatic N) is 4. The van der Waals surface area contributed by atoms with Crippen molar-refractivity contribution in [1.82, 2.24) is 25.7 Å². The van der Waals surface area contributed by atoms with Gasteiger partial charge in [-0.3, -0.25) is 15.3 Å². The van der Waals surface area contributed by atoms with Crippen LogP contribution in [-0.2, 0) is 4.74 Å². The number of nitriles is 1. The van der Waals surface area contributed by atoms with Gasteiger partial charge in [-0.25, -0.2) is 10.4 Å². The minimum Gasteiger partial charge on any atom is -0.377 e. The van der Waals surface area contributed by atoms with E-state index in [1.54, 1.807) is 0 Å². The maximum absolute atomic E-state index is 9.41. The van der Waals surface area contributed by atoms with Crippen molar-refractivity contribution in [1.29, 1.82) is 5.26 Å². The number of hydrogen-bond donors (Lipinski definition) is 4. The molecule has 4 fully saturated rings. The zero-order valence-electron chi connectivity index (χ0n) is 19.1. The molecule has 0 spiro atoms. The van der Waals surface area contributed by atoms with Crippen LogP contribution in [0.15, 0.2) is 24.4 Å². The van der Waals surface area contributed by atoms with Gasteiger partial charge in [0.1, 0.15) is 11.6 Å². The second kappa shape index (κ2) is 8.37. The summed E-state index contributed by atoms with van der Waals surface area (Å²) in [6, 6.07) is 10.3. The predicted octanol–water partition coefficient (Wildman–Crippen LogP) is 2.34. The SMILES string of the molecule is CC1CC(Nc2cc3ncccc3c(NC3C[C@H]4CC[C@@H](C3)N4C3(CC#N)COC3)n2)NN1. The number of piperidine rings is 1. The molecule has 0 aliphatic carbocycles. The van der Waals surface area contributed by atoms with Gasteiger partial charge in [0.2, 0.25) is 0 Å². The van der Waals surface area contributed by atoms with Gasteiger partial charge in [-0.2, -0.15) is 5.26 Å². The van der Waals surface area contributed by atoms with Crippen LogP contribution >= 0.6 is 0 Å². The molecule has 9 nitrogen and oxygen atoms in total. The standard InChI is InChI=1S/C24H32N8O/c1-15-9-22(31-30-15)28-21-12-20-19(3-2-8-26-20)23(29-21)27-16-10-17-4-5-18(11-16)32(17)24(6-7-25)13-33-14-24/h2-3,8,12,15-18,22,30-31H,4-6,9-11,13-14H2,1H3,(H2,27,28,29)/t15?,16?,17-,18+,22?. The highest BCUT2D eigenvalue weighted by Gasteiger charge is 2.54. The second-order valence-corrected chi connectivity index (χ2v) is 10.2. The Labute approximate surface area is 194 Å². The van der Waals surface area contributed by atoms with E-state index in [1.165, 1.54) is 12.8 Å². The summed E-state index contributed by atoms with van der Waals surface area (Å²) in [6.45, 7) is 3.55. The van der Waals surface area contributed by atoms with E-state index in [2.05, 4.69) is 50.4 Å². The number of fused-ring (bicyclic) bond motifs is 3. The molecule has 33 heavy (non-hydrogen) atoms. The van der Waals surface area contributed by atoms with Gasteiger partial charge in [-0.05, 0) is 51.2 Å². The molecule has 0 saturated carbocycles. The molecular formula is C24H32N8O. The summed E-state index contributed by atoms with van der Waals surface area (Å²) in [6.07, 6.45) is 8.06. The van der Waals surface area contributed by atoms with Crippen molar-refractivity contribution >= 4 is 22.5 Å². The molecular weight excluding hydrogens is 416 g/mol. The Bertz CT molecular complexity index is 1050. The van der Waals surface area contributed by atoms with Crippen LogP contribution in [0.4, 0.5) is 11.6 Å². The van der Waals surface area contributed by atoms with Gasteiger partial charge >= 0.3 is 0 Å². The molecule has 2 aromatic rings. The van der Waals surface area contributed by atoms with E-state index in [9.17, 15) is 5.26 Å². The Morgan fingerprint density at radius 2 is 2.03 bits per heavy atom. The molecule has 6 rings (SSSR count). The Kier molecular flexibility index (Phi) is 5.34. The lowest BCUT2D eigenvalue weighted by Crippen LogP contribution is -2.67. The largest absolute Gasteiger partial charge is 0.377 e. The average molecular weight is 449 g/mol. The predicted molar refractivity (Wildman–Crippen MR) is 126 cm³/mol. The molecule has 3 unspecified atom stereocenters. The Balaban J connectivity index is 1.22. The van der Waals surface area contributed by atoms with Crippen molar-refractivity contribution in [3.63, 3.8) is 0 Å². The smallest absolute Gasteiger partial charge is 0.138 e. The van der Waals surface area contributed by atoms with Crippen LogP contribution in [0.3, 0.4) is 0 Å². The first-order chi connectivity index (χ1) is 16.1. The molecule has 4 aliphatic heterocycles. The lowest BCUT2D eigenvalue weighted by Gasteiger charge is -2.54. The zero-order valence-corrected chi connectivity index (χ0v) is 19.1. The van der Waals surface area contributed by atoms with Gasteiger partial charge in [-0.1, -0.05) is 0 Å². The number of aromatic nitrogens is 2. The number of pyridine rings is 2. The van der Waals surface area contributed by atoms with E-state index >= 15 is 0 Å². The van der Waals surface area contributed by atoms with Crippen LogP contribution in [0.1, 0.15) is 45.4 Å². The van der Waals surface area contributed by atoms with Gasteiger partial charge in [0, 0.05) is 41.8 Å². The third kappa shape index (κ3) is 3.81. The minimum atomic E-state index is -0.0658. The number of nitrogens with one attached hydrogen (secondary N) is 4. The molecule has 5 atom stereocenters. The van der Waals surface area contributed by atoms with Gasteiger partial charge in [0.15, 0.2) is 0 Å². The average Bonchev–Trinajstić information content (AvgIpc) is 3.30. The van der Waals surface area contributed by atoms with Crippen LogP contribution in [-0.4, -0.2) is 64.0 Å². The topological polar surface area (TPSA) is 110 Å². The molecule has 2 aromatic heterocycles. The van der Waals surface area contributed by atoms with Gasteiger partial charge in [-0.15, -0.1) is 0 Å². The number of ether oxygens (including phenoxy) is 1. The summed E-state index contributed by atoms with van der Waals surface area (Å²) in [5.41, 5.74) is 7.41. The Morgan fingerprint density at radius 1 is 1.21 bits per heavy atom. The van der Waals surface area contributed by atoms with Crippen LogP contribution < -0.4 is 21.5 Å². The molecule has 6 heterocycles. The highest BCUT2D eigenvalue weighted by molar-refractivity contribution is 5.91. The number of rotatable bonds is 6. The lowest BCUT2D eigenvalue weighted by molar-refractivity contribution is -0.162. The molecule has 0 amide bonds. The van der Waals surface area contributed by atoms with Gasteiger partial charge < -0.3 is 15.4 Å². The van der Waals surface area contributed by atoms with E-state index in [0.29, 0.717) is 43.8 Å². The summed E-state index contributed by atoms with van der Waals surface area (Å²) in [7, 11) is 0. The first-order valence-corrected chi connectivity index (χ1v) is 12.2. The Hall–Kier alpha value is -2.51. The molecule has 0 aromatic carbocycles. The summed E-state index contributed by atoms with van der Waals surface area (Å²) in [5.74, 6) is 1.73. The van der Waals surface area contributed by atoms with Crippen LogP contribution in [0.5, 0.6) is 0 Å². The monoisotopic (exact) mass is 448 g/mol. The van der Waals surface area contributed by atoms with E-state index in [0.717, 1.165) is 41.8 Å². The van der Waals surface area contributed by atoms with Crippen molar-refractivity contribution in [2.24, 2.45) is 0 Å². The highest BCUT2D eigenvalue weighted by Crippen LogP contribution is 2.45. The molecule has 4 aliphatic rings. The molecule has 9 heteroatoms. The lowest BCUT2D eigenvalue weighted by atomic mass is 9.85. The van der Waals surface area contributed by atoms with Crippen molar-refractivity contribution in [3.05, 3.63) is 24.4 Å². The summed E-state index contributed by atoms with van der Waals surface area (Å²) >= 11 is 0. The van der Waals surface area contributed by atoms with Crippen LogP contribution in [0.2, 0.25) is 0 Å². The minimum absolute atomic E-state index is 0.0658. The van der Waals surface area contributed by atoms with Crippen molar-refractivity contribution in [2.75, 3.05) is 23.8 Å². The third-order valence-electron chi connectivity index (χ3n) is 7.79. The van der Waals surface area contributed by atoms with E-state index in [1.807, 2.05) is 18.3 Å². The summed E-state index contributed by atoms with van der Waals surface area (Å²) in [5, 5.41) is 17.8. The summed E-state index contributed by atoms with van der Waals surface area (Å²) in [4.78, 5) is 12.2. The number of hydrogen-bond acceptors (Lipinski definition) is 9. The maximum Gasteiger partial charge on any atom is 0.138 e. The Morgan fingerprint density at radius 3 is 2.70 bits per heavy atom. The van der Waals surface area contributed by atoms with Crippen LogP contribution in [0, 0.1) is 11.3 Å². The molecule has 0 radical (unpaired) electrons. The maximum atomic E-state index is 9.41. The fourth-order valence-electron chi connectivity index (χ4n) is 6.34. The van der Waals surface area contributed by atoms with E-state index < -0.39 is 0 Å². The molecule has 4 saturated heterocycles. The first-order valence-electron chi connectivity index (χ1n) is 12.2. The van der Waals surface area contributed by atoms with Gasteiger partial charge in [0.25, 0.3) is 0 Å². The fourth-order valence-corrected chi connectivity index (χ4v) is 6.34. The van der Waals surface area contributed by atoms with E-state index in [-0.39, 0.29) is 11.7 Å². The molecule has 174 valence electrons. The van der Waals surface area contributed by atoms with Gasteiger partial charge in [0.05, 0.1) is 42.9 Å². The van der Waals surface area contributed by atoms with Crippen molar-refractivity contribution in [2.45, 2.75) is 81.3 Å². The number of anilines is 2. The molecule has 2 bridgehead atoms.